The number of halogens is 1. The third kappa shape index (κ3) is 3.62. The molecule has 8 heteroatoms. The van der Waals surface area contributed by atoms with Gasteiger partial charge in [-0.2, -0.15) is 0 Å². The molecule has 0 atom stereocenters. The minimum absolute atomic E-state index is 0.0249. The minimum Gasteiger partial charge on any atom is -0.396 e. The van der Waals surface area contributed by atoms with Gasteiger partial charge in [-0.05, 0) is 48.2 Å². The zero-order valence-corrected chi connectivity index (χ0v) is 16.1. The number of aryl methyl sites for hydroxylation is 1. The van der Waals surface area contributed by atoms with Gasteiger partial charge in [0, 0.05) is 29.8 Å². The van der Waals surface area contributed by atoms with Gasteiger partial charge in [-0.3, -0.25) is 14.0 Å². The molecule has 29 heavy (non-hydrogen) atoms. The molecule has 2 aromatic carbocycles. The van der Waals surface area contributed by atoms with E-state index in [4.69, 9.17) is 16.7 Å². The molecule has 0 aliphatic rings. The molecule has 0 bridgehead atoms. The Balaban J connectivity index is 1.74. The highest BCUT2D eigenvalue weighted by Crippen LogP contribution is 2.20. The molecule has 0 radical (unpaired) electrons. The Hall–Kier alpha value is -3.16. The minimum atomic E-state index is -0.558. The van der Waals surface area contributed by atoms with Crippen molar-refractivity contribution in [1.29, 1.82) is 0 Å². The predicted octanol–water partition coefficient (Wildman–Crippen LogP) is 2.09. The standard InChI is InChI=1S/C21H18ClN3O4/c22-14-5-3-12(4-6-14)10-23-20(28)16-11-25-18-15(19(16)27)8-13(2-1-7-26)9-17(18)24-21(25)29/h3-6,8-9,11,26H,1-2,7,10H2,(H,23,28)(H,24,29). The third-order valence-corrected chi connectivity index (χ3v) is 5.10. The first-order valence-corrected chi connectivity index (χ1v) is 9.53. The number of aliphatic hydroxyl groups excluding tert-OH is 1. The van der Waals surface area contributed by atoms with Crippen LogP contribution in [0.4, 0.5) is 0 Å². The molecule has 3 N–H and O–H groups in total. The molecule has 1 amide bonds. The van der Waals surface area contributed by atoms with Gasteiger partial charge in [0.25, 0.3) is 5.91 Å². The first kappa shape index (κ1) is 19.2. The van der Waals surface area contributed by atoms with Crippen LogP contribution in [0.5, 0.6) is 0 Å². The molecule has 4 aromatic rings. The Morgan fingerprint density at radius 3 is 2.62 bits per heavy atom. The summed E-state index contributed by atoms with van der Waals surface area (Å²) in [5.74, 6) is -0.558. The maximum absolute atomic E-state index is 13.0. The SMILES string of the molecule is O=C(NCc1ccc(Cl)cc1)c1cn2c(=O)[nH]c3cc(CCCO)cc(c1=O)c32. The summed E-state index contributed by atoms with van der Waals surface area (Å²) < 4.78 is 1.29. The van der Waals surface area contributed by atoms with Crippen LogP contribution in [-0.4, -0.2) is 27.0 Å². The number of aromatic amines is 1. The van der Waals surface area contributed by atoms with E-state index >= 15 is 0 Å². The molecule has 0 fully saturated rings. The lowest BCUT2D eigenvalue weighted by molar-refractivity contribution is 0.0949. The Morgan fingerprint density at radius 2 is 1.90 bits per heavy atom. The predicted molar refractivity (Wildman–Crippen MR) is 111 cm³/mol. The van der Waals surface area contributed by atoms with Crippen molar-refractivity contribution in [2.45, 2.75) is 19.4 Å². The van der Waals surface area contributed by atoms with Crippen LogP contribution in [0, 0.1) is 0 Å². The van der Waals surface area contributed by atoms with Crippen LogP contribution in [0.1, 0.15) is 27.9 Å². The number of imidazole rings is 1. The first-order valence-electron chi connectivity index (χ1n) is 9.15. The van der Waals surface area contributed by atoms with Crippen LogP contribution < -0.4 is 16.4 Å². The topological polar surface area (TPSA) is 104 Å². The van der Waals surface area contributed by atoms with E-state index < -0.39 is 17.0 Å². The number of carbonyl (C=O) groups excluding carboxylic acids is 1. The number of nitrogens with zero attached hydrogens (tertiary/aromatic N) is 1. The highest BCUT2D eigenvalue weighted by molar-refractivity contribution is 6.30. The van der Waals surface area contributed by atoms with Gasteiger partial charge in [0.05, 0.1) is 11.0 Å². The third-order valence-electron chi connectivity index (χ3n) is 4.85. The lowest BCUT2D eigenvalue weighted by Crippen LogP contribution is -2.29. The van der Waals surface area contributed by atoms with E-state index in [1.165, 1.54) is 10.6 Å². The molecule has 7 nitrogen and oxygen atoms in total. The number of aliphatic hydroxyl groups is 1. The van der Waals surface area contributed by atoms with E-state index in [0.717, 1.165) is 11.1 Å². The molecule has 0 saturated heterocycles. The smallest absolute Gasteiger partial charge is 0.330 e. The summed E-state index contributed by atoms with van der Waals surface area (Å²) in [4.78, 5) is 40.8. The molecule has 148 valence electrons. The van der Waals surface area contributed by atoms with Crippen molar-refractivity contribution in [1.82, 2.24) is 14.7 Å². The van der Waals surface area contributed by atoms with Crippen LogP contribution in [0.2, 0.25) is 5.02 Å². The van der Waals surface area contributed by atoms with Gasteiger partial charge >= 0.3 is 5.69 Å². The van der Waals surface area contributed by atoms with Gasteiger partial charge in [-0.15, -0.1) is 0 Å². The molecule has 2 aromatic heterocycles. The van der Waals surface area contributed by atoms with Gasteiger partial charge in [-0.25, -0.2) is 4.79 Å². The molecule has 4 rings (SSSR count). The number of amides is 1. The van der Waals surface area contributed by atoms with E-state index in [0.29, 0.717) is 34.3 Å². The van der Waals surface area contributed by atoms with Gasteiger partial charge < -0.3 is 15.4 Å². The van der Waals surface area contributed by atoms with Crippen molar-refractivity contribution in [3.63, 3.8) is 0 Å². The lowest BCUT2D eigenvalue weighted by Gasteiger charge is -2.08. The molecule has 0 aliphatic carbocycles. The number of pyridine rings is 1. The fourth-order valence-electron chi connectivity index (χ4n) is 3.42. The van der Waals surface area contributed by atoms with E-state index in [9.17, 15) is 14.4 Å². The fourth-order valence-corrected chi connectivity index (χ4v) is 3.55. The summed E-state index contributed by atoms with van der Waals surface area (Å²) in [6.07, 6.45) is 2.37. The first-order chi connectivity index (χ1) is 14.0. The quantitative estimate of drug-likeness (QED) is 0.452. The lowest BCUT2D eigenvalue weighted by atomic mass is 10.0. The number of H-pyrrole nitrogens is 1. The number of rotatable bonds is 6. The summed E-state index contributed by atoms with van der Waals surface area (Å²) in [7, 11) is 0. The van der Waals surface area contributed by atoms with Crippen LogP contribution in [0.3, 0.4) is 0 Å². The Morgan fingerprint density at radius 1 is 1.14 bits per heavy atom. The van der Waals surface area contributed by atoms with Gasteiger partial charge in [0.1, 0.15) is 5.56 Å². The largest absolute Gasteiger partial charge is 0.396 e. The van der Waals surface area contributed by atoms with Gasteiger partial charge in [0.2, 0.25) is 5.43 Å². The van der Waals surface area contributed by atoms with Crippen LogP contribution in [-0.2, 0) is 13.0 Å². The number of aromatic nitrogens is 2. The highest BCUT2D eigenvalue weighted by Gasteiger charge is 2.19. The molecular formula is C21H18ClN3O4. The number of carbonyl (C=O) groups is 1. The molecular weight excluding hydrogens is 394 g/mol. The second-order valence-electron chi connectivity index (χ2n) is 6.85. The van der Waals surface area contributed by atoms with E-state index in [-0.39, 0.29) is 18.7 Å². The van der Waals surface area contributed by atoms with E-state index in [2.05, 4.69) is 10.3 Å². The van der Waals surface area contributed by atoms with Crippen molar-refractivity contribution < 1.29 is 9.90 Å². The Labute approximate surface area is 169 Å². The number of nitrogens with one attached hydrogen (secondary N) is 2. The van der Waals surface area contributed by atoms with Crippen LogP contribution in [0.15, 0.2) is 52.2 Å². The van der Waals surface area contributed by atoms with Crippen molar-refractivity contribution in [2.24, 2.45) is 0 Å². The molecule has 0 spiro atoms. The van der Waals surface area contributed by atoms with Crippen molar-refractivity contribution >= 4 is 33.9 Å². The highest BCUT2D eigenvalue weighted by atomic mass is 35.5. The van der Waals surface area contributed by atoms with E-state index in [1.54, 1.807) is 36.4 Å². The molecule has 0 aliphatic heterocycles. The molecule has 0 unspecified atom stereocenters. The summed E-state index contributed by atoms with van der Waals surface area (Å²) in [6.45, 7) is 0.249. The maximum atomic E-state index is 13.0. The number of hydrogen-bond donors (Lipinski definition) is 3. The van der Waals surface area contributed by atoms with Crippen molar-refractivity contribution in [3.8, 4) is 0 Å². The van der Waals surface area contributed by atoms with Gasteiger partial charge in [-0.1, -0.05) is 23.7 Å². The average molecular weight is 412 g/mol. The van der Waals surface area contributed by atoms with Crippen LogP contribution in [0.25, 0.3) is 16.4 Å². The normalized spacial score (nSPS) is 11.4. The number of benzene rings is 2. The van der Waals surface area contributed by atoms with E-state index in [1.807, 2.05) is 0 Å². The van der Waals surface area contributed by atoms with Crippen molar-refractivity contribution in [2.75, 3.05) is 6.61 Å². The summed E-state index contributed by atoms with van der Waals surface area (Å²) in [6, 6.07) is 10.5. The molecule has 0 saturated carbocycles. The average Bonchev–Trinajstić information content (AvgIpc) is 3.03. The van der Waals surface area contributed by atoms with Crippen LogP contribution >= 0.6 is 11.6 Å². The summed E-state index contributed by atoms with van der Waals surface area (Å²) in [5.41, 5.74) is 1.68. The second kappa shape index (κ2) is 7.69. The molecule has 2 heterocycles. The Bertz CT molecular complexity index is 1310. The van der Waals surface area contributed by atoms with Gasteiger partial charge in [0.15, 0.2) is 0 Å². The second-order valence-corrected chi connectivity index (χ2v) is 7.28. The number of hydrogen-bond acceptors (Lipinski definition) is 4. The summed E-state index contributed by atoms with van der Waals surface area (Å²) in [5, 5.41) is 12.7. The summed E-state index contributed by atoms with van der Waals surface area (Å²) >= 11 is 5.86. The monoisotopic (exact) mass is 411 g/mol. The Kier molecular flexibility index (Phi) is 5.08. The zero-order chi connectivity index (χ0) is 20.5. The zero-order valence-electron chi connectivity index (χ0n) is 15.4. The maximum Gasteiger partial charge on any atom is 0.330 e. The fraction of sp³-hybridized carbons (Fsp3) is 0.190. The van der Waals surface area contributed by atoms with Crippen molar-refractivity contribution in [3.05, 3.63) is 85.0 Å².